The highest BCUT2D eigenvalue weighted by Gasteiger charge is 2.13. The fraction of sp³-hybridized carbons (Fsp3) is 0. The van der Waals surface area contributed by atoms with Crippen LogP contribution in [-0.4, -0.2) is 20.5 Å². The molecule has 5 heteroatoms. The molecule has 5 nitrogen and oxygen atoms in total. The number of carbonyl (C=O) groups is 1. The summed E-state index contributed by atoms with van der Waals surface area (Å²) in [6.45, 7) is 0. The standard InChI is InChI=1S/C15H10N4O/c1-2-11-5-3-6-12(9-11)18-15(20)13-10-17-19-8-4-7-16-14(13)19/h1,3-10H,(H,18,20). The van der Waals surface area contributed by atoms with Gasteiger partial charge in [-0.15, -0.1) is 6.42 Å². The second-order valence-electron chi connectivity index (χ2n) is 4.13. The number of carbonyl (C=O) groups excluding carboxylic acids is 1. The smallest absolute Gasteiger partial charge is 0.261 e. The van der Waals surface area contributed by atoms with E-state index in [4.69, 9.17) is 6.42 Å². The lowest BCUT2D eigenvalue weighted by Gasteiger charge is -2.04. The average molecular weight is 262 g/mol. The Hall–Kier alpha value is -3.13. The van der Waals surface area contributed by atoms with Crippen molar-refractivity contribution in [1.82, 2.24) is 14.6 Å². The molecule has 96 valence electrons. The number of fused-ring (bicyclic) bond motifs is 1. The third-order valence-electron chi connectivity index (χ3n) is 2.81. The van der Waals surface area contributed by atoms with Gasteiger partial charge in [-0.05, 0) is 24.3 Å². The highest BCUT2D eigenvalue weighted by atomic mass is 16.1. The van der Waals surface area contributed by atoms with Crippen molar-refractivity contribution in [3.63, 3.8) is 0 Å². The number of aromatic nitrogens is 3. The zero-order chi connectivity index (χ0) is 13.9. The number of amides is 1. The minimum absolute atomic E-state index is 0.270. The van der Waals surface area contributed by atoms with Gasteiger partial charge in [-0.2, -0.15) is 5.10 Å². The minimum atomic E-state index is -0.270. The summed E-state index contributed by atoms with van der Waals surface area (Å²) in [5.41, 5.74) is 2.27. The van der Waals surface area contributed by atoms with Crippen LogP contribution in [0.15, 0.2) is 48.9 Å². The van der Waals surface area contributed by atoms with Gasteiger partial charge in [0, 0.05) is 23.6 Å². The van der Waals surface area contributed by atoms with Gasteiger partial charge in [0.1, 0.15) is 5.56 Å². The fourth-order valence-electron chi connectivity index (χ4n) is 1.87. The monoisotopic (exact) mass is 262 g/mol. The Kier molecular flexibility index (Phi) is 2.90. The molecule has 0 bridgehead atoms. The summed E-state index contributed by atoms with van der Waals surface area (Å²) in [6, 6.07) is 8.85. The molecule has 0 aliphatic rings. The molecule has 0 radical (unpaired) electrons. The highest BCUT2D eigenvalue weighted by molar-refractivity contribution is 6.08. The number of nitrogens with one attached hydrogen (secondary N) is 1. The van der Waals surface area contributed by atoms with Crippen LogP contribution in [0, 0.1) is 12.3 Å². The first-order valence-corrected chi connectivity index (χ1v) is 5.94. The Morgan fingerprint density at radius 3 is 3.10 bits per heavy atom. The lowest BCUT2D eigenvalue weighted by Crippen LogP contribution is -2.12. The quantitative estimate of drug-likeness (QED) is 0.718. The summed E-state index contributed by atoms with van der Waals surface area (Å²) in [6.07, 6.45) is 10.2. The van der Waals surface area contributed by atoms with Gasteiger partial charge in [0.2, 0.25) is 0 Å². The molecule has 0 atom stereocenters. The third kappa shape index (κ3) is 2.10. The molecular formula is C15H10N4O. The van der Waals surface area contributed by atoms with Crippen molar-refractivity contribution >= 4 is 17.2 Å². The third-order valence-corrected chi connectivity index (χ3v) is 2.81. The molecular weight excluding hydrogens is 252 g/mol. The van der Waals surface area contributed by atoms with Crippen LogP contribution >= 0.6 is 0 Å². The van der Waals surface area contributed by atoms with Crippen LogP contribution in [0.4, 0.5) is 5.69 Å². The molecule has 1 amide bonds. The predicted octanol–water partition coefficient (Wildman–Crippen LogP) is 1.96. The van der Waals surface area contributed by atoms with Crippen molar-refractivity contribution in [3.05, 3.63) is 60.0 Å². The Morgan fingerprint density at radius 2 is 2.25 bits per heavy atom. The summed E-state index contributed by atoms with van der Waals surface area (Å²) in [5, 5.41) is 6.86. The Morgan fingerprint density at radius 1 is 1.35 bits per heavy atom. The van der Waals surface area contributed by atoms with Gasteiger partial charge in [0.05, 0.1) is 6.20 Å². The van der Waals surface area contributed by atoms with Crippen molar-refractivity contribution in [2.24, 2.45) is 0 Å². The summed E-state index contributed by atoms with van der Waals surface area (Å²) < 4.78 is 1.55. The van der Waals surface area contributed by atoms with Gasteiger partial charge in [0.25, 0.3) is 5.91 Å². The molecule has 2 aromatic heterocycles. The van der Waals surface area contributed by atoms with Crippen LogP contribution in [-0.2, 0) is 0 Å². The van der Waals surface area contributed by atoms with Crippen LogP contribution < -0.4 is 5.32 Å². The van der Waals surface area contributed by atoms with Crippen LogP contribution in [0.25, 0.3) is 5.65 Å². The van der Waals surface area contributed by atoms with E-state index in [2.05, 4.69) is 21.3 Å². The lowest BCUT2D eigenvalue weighted by molar-refractivity contribution is 0.102. The van der Waals surface area contributed by atoms with E-state index >= 15 is 0 Å². The van der Waals surface area contributed by atoms with E-state index in [-0.39, 0.29) is 5.91 Å². The molecule has 3 rings (SSSR count). The maximum absolute atomic E-state index is 12.2. The molecule has 0 saturated carbocycles. The first kappa shape index (κ1) is 11.9. The summed E-state index contributed by atoms with van der Waals surface area (Å²) in [4.78, 5) is 16.4. The number of anilines is 1. The number of nitrogens with zero attached hydrogens (tertiary/aromatic N) is 3. The van der Waals surface area contributed by atoms with Gasteiger partial charge in [0.15, 0.2) is 5.65 Å². The van der Waals surface area contributed by atoms with E-state index in [1.165, 1.54) is 6.20 Å². The SMILES string of the molecule is C#Cc1cccc(NC(=O)c2cnn3cccnc23)c1. The van der Waals surface area contributed by atoms with Crippen LogP contribution in [0.1, 0.15) is 15.9 Å². The Bertz CT molecular complexity index is 829. The second-order valence-corrected chi connectivity index (χ2v) is 4.13. The van der Waals surface area contributed by atoms with Crippen molar-refractivity contribution in [1.29, 1.82) is 0 Å². The number of hydrogen-bond acceptors (Lipinski definition) is 3. The molecule has 0 unspecified atom stereocenters. The Labute approximate surface area is 115 Å². The van der Waals surface area contributed by atoms with Gasteiger partial charge in [-0.1, -0.05) is 12.0 Å². The summed E-state index contributed by atoms with van der Waals surface area (Å²) in [5.74, 6) is 2.25. The van der Waals surface area contributed by atoms with E-state index in [0.717, 1.165) is 0 Å². The number of rotatable bonds is 2. The van der Waals surface area contributed by atoms with Gasteiger partial charge in [-0.25, -0.2) is 9.50 Å². The predicted molar refractivity (Wildman–Crippen MR) is 75.3 cm³/mol. The largest absolute Gasteiger partial charge is 0.322 e. The topological polar surface area (TPSA) is 59.3 Å². The molecule has 1 N–H and O–H groups in total. The molecule has 1 aromatic carbocycles. The van der Waals surface area contributed by atoms with Crippen LogP contribution in [0.2, 0.25) is 0 Å². The van der Waals surface area contributed by atoms with Gasteiger partial charge < -0.3 is 5.32 Å². The van der Waals surface area contributed by atoms with Crippen molar-refractivity contribution in [3.8, 4) is 12.3 Å². The average Bonchev–Trinajstić information content (AvgIpc) is 2.91. The van der Waals surface area contributed by atoms with Crippen molar-refractivity contribution in [2.45, 2.75) is 0 Å². The fourth-order valence-corrected chi connectivity index (χ4v) is 1.87. The molecule has 2 heterocycles. The van der Waals surface area contributed by atoms with Gasteiger partial charge in [-0.3, -0.25) is 4.79 Å². The number of benzene rings is 1. The zero-order valence-corrected chi connectivity index (χ0v) is 10.4. The summed E-state index contributed by atoms with van der Waals surface area (Å²) in [7, 11) is 0. The van der Waals surface area contributed by atoms with Gasteiger partial charge >= 0.3 is 0 Å². The van der Waals surface area contributed by atoms with Crippen molar-refractivity contribution in [2.75, 3.05) is 5.32 Å². The molecule has 20 heavy (non-hydrogen) atoms. The molecule has 0 aliphatic carbocycles. The Balaban J connectivity index is 1.91. The van der Waals surface area contributed by atoms with E-state index in [1.807, 2.05) is 0 Å². The van der Waals surface area contributed by atoms with Crippen molar-refractivity contribution < 1.29 is 4.79 Å². The second kappa shape index (κ2) is 4.86. The van der Waals surface area contributed by atoms with E-state index in [9.17, 15) is 4.79 Å². The molecule has 0 aliphatic heterocycles. The van der Waals surface area contributed by atoms with Crippen LogP contribution in [0.3, 0.4) is 0 Å². The molecule has 0 fully saturated rings. The summed E-state index contributed by atoms with van der Waals surface area (Å²) >= 11 is 0. The zero-order valence-electron chi connectivity index (χ0n) is 10.4. The maximum Gasteiger partial charge on any atom is 0.261 e. The number of terminal acetylenes is 1. The number of hydrogen-bond donors (Lipinski definition) is 1. The first-order valence-electron chi connectivity index (χ1n) is 5.94. The normalized spacial score (nSPS) is 10.2. The lowest BCUT2D eigenvalue weighted by atomic mass is 10.2. The molecule has 0 saturated heterocycles. The highest BCUT2D eigenvalue weighted by Crippen LogP contribution is 2.13. The van der Waals surface area contributed by atoms with E-state index in [1.54, 1.807) is 47.2 Å². The molecule has 3 aromatic rings. The van der Waals surface area contributed by atoms with E-state index < -0.39 is 0 Å². The van der Waals surface area contributed by atoms with E-state index in [0.29, 0.717) is 22.5 Å². The molecule has 0 spiro atoms. The minimum Gasteiger partial charge on any atom is -0.322 e. The van der Waals surface area contributed by atoms with Crippen LogP contribution in [0.5, 0.6) is 0 Å². The first-order chi connectivity index (χ1) is 9.78. The maximum atomic E-state index is 12.2.